The predicted molar refractivity (Wildman–Crippen MR) is 90.0 cm³/mol. The lowest BCUT2D eigenvalue weighted by Crippen LogP contribution is -2.13. The molecule has 0 spiro atoms. The Morgan fingerprint density at radius 1 is 1.55 bits per heavy atom. The van der Waals surface area contributed by atoms with Crippen molar-refractivity contribution in [2.75, 3.05) is 5.75 Å². The second kappa shape index (κ2) is 6.42. The van der Waals surface area contributed by atoms with Gasteiger partial charge in [-0.15, -0.1) is 21.5 Å². The summed E-state index contributed by atoms with van der Waals surface area (Å²) in [4.78, 5) is 13.6. The molecule has 0 saturated carbocycles. The molecule has 2 aromatic rings. The molecule has 0 fully saturated rings. The summed E-state index contributed by atoms with van der Waals surface area (Å²) < 4.78 is 1.95. The van der Waals surface area contributed by atoms with Gasteiger partial charge in [0, 0.05) is 11.9 Å². The van der Waals surface area contributed by atoms with Crippen LogP contribution in [0.15, 0.2) is 11.2 Å². The van der Waals surface area contributed by atoms with Crippen molar-refractivity contribution >= 4 is 29.0 Å². The summed E-state index contributed by atoms with van der Waals surface area (Å²) in [6, 6.07) is 2.27. The van der Waals surface area contributed by atoms with Crippen molar-refractivity contribution in [2.24, 2.45) is 18.7 Å². The van der Waals surface area contributed by atoms with Gasteiger partial charge in [-0.3, -0.25) is 4.79 Å². The topological polar surface area (TPSA) is 73.8 Å². The number of nitrogens with two attached hydrogens (primary N) is 1. The van der Waals surface area contributed by atoms with Gasteiger partial charge in [0.25, 0.3) is 0 Å². The molecular formula is C15H20N4OS2. The molecule has 0 bridgehead atoms. The van der Waals surface area contributed by atoms with Crippen molar-refractivity contribution in [1.82, 2.24) is 14.8 Å². The molecule has 0 saturated heterocycles. The van der Waals surface area contributed by atoms with Crippen LogP contribution in [-0.4, -0.2) is 26.4 Å². The van der Waals surface area contributed by atoms with Crippen LogP contribution < -0.4 is 5.73 Å². The molecule has 7 heteroatoms. The van der Waals surface area contributed by atoms with Gasteiger partial charge in [-0.25, -0.2) is 0 Å². The first-order chi connectivity index (χ1) is 10.6. The summed E-state index contributed by atoms with van der Waals surface area (Å²) in [7, 11) is 1.94. The molecule has 2 N–H and O–H groups in total. The second-order valence-corrected chi connectivity index (χ2v) is 7.78. The summed E-state index contributed by atoms with van der Waals surface area (Å²) in [6.07, 6.45) is 4.91. The molecule has 1 aliphatic rings. The highest BCUT2D eigenvalue weighted by atomic mass is 32.2. The summed E-state index contributed by atoms with van der Waals surface area (Å²) in [5, 5.41) is 9.20. The number of carbonyl (C=O) groups excluding carboxylic acids is 1. The van der Waals surface area contributed by atoms with E-state index in [1.54, 1.807) is 0 Å². The Labute approximate surface area is 138 Å². The zero-order valence-corrected chi connectivity index (χ0v) is 14.5. The van der Waals surface area contributed by atoms with E-state index in [4.69, 9.17) is 5.73 Å². The minimum Gasteiger partial charge on any atom is -0.369 e. The lowest BCUT2D eigenvalue weighted by Gasteiger charge is -2.19. The summed E-state index contributed by atoms with van der Waals surface area (Å²) >= 11 is 3.16. The van der Waals surface area contributed by atoms with E-state index < -0.39 is 0 Å². The van der Waals surface area contributed by atoms with E-state index in [0.29, 0.717) is 0 Å². The number of carbonyl (C=O) groups is 1. The summed E-state index contributed by atoms with van der Waals surface area (Å²) in [5.74, 6) is 1.58. The van der Waals surface area contributed by atoms with Crippen LogP contribution in [0.4, 0.5) is 0 Å². The fourth-order valence-corrected chi connectivity index (χ4v) is 4.73. The van der Waals surface area contributed by atoms with Crippen LogP contribution in [-0.2, 0) is 24.7 Å². The van der Waals surface area contributed by atoms with Crippen LogP contribution in [0.3, 0.4) is 0 Å². The normalized spacial score (nSPS) is 17.5. The second-order valence-electron chi connectivity index (χ2n) is 5.70. The maximum atomic E-state index is 10.9. The van der Waals surface area contributed by atoms with Crippen LogP contribution in [0.1, 0.15) is 30.2 Å². The Balaban J connectivity index is 1.83. The lowest BCUT2D eigenvalue weighted by atomic mass is 9.87. The van der Waals surface area contributed by atoms with E-state index in [2.05, 4.69) is 23.2 Å². The van der Waals surface area contributed by atoms with Crippen molar-refractivity contribution in [2.45, 2.75) is 37.8 Å². The number of hydrogen-bond acceptors (Lipinski definition) is 5. The monoisotopic (exact) mass is 336 g/mol. The third-order valence-electron chi connectivity index (χ3n) is 4.16. The van der Waals surface area contributed by atoms with Gasteiger partial charge < -0.3 is 10.3 Å². The highest BCUT2D eigenvalue weighted by molar-refractivity contribution is 7.99. The number of nitrogens with zero attached hydrogens (tertiary/aromatic N) is 3. The van der Waals surface area contributed by atoms with Gasteiger partial charge in [0.05, 0.1) is 10.6 Å². The molecule has 2 heterocycles. The van der Waals surface area contributed by atoms with E-state index >= 15 is 0 Å². The number of hydrogen-bond donors (Lipinski definition) is 1. The fraction of sp³-hybridized carbons (Fsp3) is 0.533. The molecule has 0 aliphatic heterocycles. The molecule has 1 aliphatic carbocycles. The Morgan fingerprint density at radius 3 is 3.09 bits per heavy atom. The summed E-state index contributed by atoms with van der Waals surface area (Å²) in [5.41, 5.74) is 6.66. The minimum atomic E-state index is -0.341. The molecule has 1 atom stereocenters. The highest BCUT2D eigenvalue weighted by Crippen LogP contribution is 2.37. The molecule has 22 heavy (non-hydrogen) atoms. The lowest BCUT2D eigenvalue weighted by molar-refractivity contribution is -0.115. The third kappa shape index (κ3) is 3.05. The number of aryl methyl sites for hydroxylation is 1. The van der Waals surface area contributed by atoms with Crippen molar-refractivity contribution in [3.8, 4) is 10.7 Å². The van der Waals surface area contributed by atoms with Gasteiger partial charge in [0.2, 0.25) is 5.91 Å². The average Bonchev–Trinajstić information content (AvgIpc) is 3.07. The van der Waals surface area contributed by atoms with Crippen LogP contribution in [0, 0.1) is 5.92 Å². The maximum Gasteiger partial charge on any atom is 0.227 e. The van der Waals surface area contributed by atoms with Gasteiger partial charge in [-0.2, -0.15) is 0 Å². The number of rotatable bonds is 5. The Hall–Kier alpha value is -1.34. The van der Waals surface area contributed by atoms with Gasteiger partial charge >= 0.3 is 0 Å². The number of thioether (sulfide) groups is 1. The quantitative estimate of drug-likeness (QED) is 0.852. The van der Waals surface area contributed by atoms with Crippen LogP contribution in [0.25, 0.3) is 10.7 Å². The molecule has 3 rings (SSSR count). The molecule has 0 unspecified atom stereocenters. The van der Waals surface area contributed by atoms with E-state index in [0.717, 1.165) is 16.9 Å². The number of thiophene rings is 1. The van der Waals surface area contributed by atoms with E-state index in [1.165, 1.54) is 52.8 Å². The average molecular weight is 336 g/mol. The standard InChI is InChI=1S/C15H20N4OS2/c1-3-9-4-5-11-10(6-9)7-12(22-11)14-17-18-15(19(14)2)21-8-13(16)20/h7,9H,3-6,8H2,1-2H3,(H2,16,20)/t9-/m1/s1. The molecule has 1 amide bonds. The van der Waals surface area contributed by atoms with E-state index in [9.17, 15) is 4.79 Å². The number of primary amides is 1. The van der Waals surface area contributed by atoms with Crippen molar-refractivity contribution in [3.05, 3.63) is 16.5 Å². The zero-order chi connectivity index (χ0) is 15.7. The van der Waals surface area contributed by atoms with Gasteiger partial charge in [0.1, 0.15) is 0 Å². The number of amides is 1. The van der Waals surface area contributed by atoms with Gasteiger partial charge in [-0.05, 0) is 36.8 Å². The SMILES string of the molecule is CC[C@@H]1CCc2sc(-c3nnc(SCC(N)=O)n3C)cc2C1. The first kappa shape index (κ1) is 15.6. The third-order valence-corrected chi connectivity index (χ3v) is 6.44. The molecule has 118 valence electrons. The predicted octanol–water partition coefficient (Wildman–Crippen LogP) is 2.64. The van der Waals surface area contributed by atoms with Crippen molar-refractivity contribution in [3.63, 3.8) is 0 Å². The Bertz CT molecular complexity index is 692. The minimum absolute atomic E-state index is 0.227. The van der Waals surface area contributed by atoms with E-state index in [1.807, 2.05) is 23.0 Å². The zero-order valence-electron chi connectivity index (χ0n) is 12.8. The molecule has 2 aromatic heterocycles. The number of fused-ring (bicyclic) bond motifs is 1. The van der Waals surface area contributed by atoms with Gasteiger partial charge in [-0.1, -0.05) is 25.1 Å². The van der Waals surface area contributed by atoms with E-state index in [-0.39, 0.29) is 11.7 Å². The van der Waals surface area contributed by atoms with Crippen LogP contribution in [0.2, 0.25) is 0 Å². The van der Waals surface area contributed by atoms with Crippen molar-refractivity contribution < 1.29 is 4.79 Å². The van der Waals surface area contributed by atoms with Gasteiger partial charge in [0.15, 0.2) is 11.0 Å². The fourth-order valence-electron chi connectivity index (χ4n) is 2.85. The molecule has 0 radical (unpaired) electrons. The number of aromatic nitrogens is 3. The first-order valence-electron chi connectivity index (χ1n) is 7.51. The Kier molecular flexibility index (Phi) is 4.54. The maximum absolute atomic E-state index is 10.9. The largest absolute Gasteiger partial charge is 0.369 e. The molecule has 0 aromatic carbocycles. The summed E-state index contributed by atoms with van der Waals surface area (Å²) in [6.45, 7) is 2.27. The molecular weight excluding hydrogens is 316 g/mol. The van der Waals surface area contributed by atoms with Crippen LogP contribution in [0.5, 0.6) is 0 Å². The van der Waals surface area contributed by atoms with Crippen LogP contribution >= 0.6 is 23.1 Å². The molecule has 5 nitrogen and oxygen atoms in total. The highest BCUT2D eigenvalue weighted by Gasteiger charge is 2.22. The Morgan fingerprint density at radius 2 is 2.36 bits per heavy atom. The van der Waals surface area contributed by atoms with Crippen molar-refractivity contribution in [1.29, 1.82) is 0 Å². The first-order valence-corrected chi connectivity index (χ1v) is 9.31. The smallest absolute Gasteiger partial charge is 0.227 e.